The summed E-state index contributed by atoms with van der Waals surface area (Å²) >= 11 is 0. The van der Waals surface area contributed by atoms with E-state index >= 15 is 0 Å². The SMILES string of the molecule is CCC(C)c1ccc2cc(S(=O)(=O)O)ccc2c1. The molecule has 0 aromatic heterocycles. The summed E-state index contributed by atoms with van der Waals surface area (Å²) in [5, 5.41) is 1.80. The Labute approximate surface area is 107 Å². The fourth-order valence-electron chi connectivity index (χ4n) is 1.94. The molecule has 0 bridgehead atoms. The lowest BCUT2D eigenvalue weighted by molar-refractivity contribution is 0.483. The first kappa shape index (κ1) is 13.1. The standard InChI is InChI=1S/C14H16O3S/c1-3-10(2)11-4-5-13-9-14(18(15,16)17)7-6-12(13)8-11/h4-10H,3H2,1-2H3,(H,15,16,17). The molecule has 2 aromatic rings. The molecule has 2 aromatic carbocycles. The van der Waals surface area contributed by atoms with Gasteiger partial charge in [0.25, 0.3) is 10.1 Å². The Balaban J connectivity index is 2.55. The van der Waals surface area contributed by atoms with Crippen LogP contribution in [0.4, 0.5) is 0 Å². The lowest BCUT2D eigenvalue weighted by Crippen LogP contribution is -1.97. The molecule has 0 radical (unpaired) electrons. The van der Waals surface area contributed by atoms with Crippen LogP contribution >= 0.6 is 0 Å². The maximum Gasteiger partial charge on any atom is 0.294 e. The van der Waals surface area contributed by atoms with E-state index < -0.39 is 10.1 Å². The van der Waals surface area contributed by atoms with Gasteiger partial charge in [0.15, 0.2) is 0 Å². The van der Waals surface area contributed by atoms with E-state index in [4.69, 9.17) is 4.55 Å². The summed E-state index contributed by atoms with van der Waals surface area (Å²) in [7, 11) is -4.13. The highest BCUT2D eigenvalue weighted by Crippen LogP contribution is 2.25. The fourth-order valence-corrected chi connectivity index (χ4v) is 2.46. The molecular formula is C14H16O3S. The van der Waals surface area contributed by atoms with Crippen molar-refractivity contribution >= 4 is 20.9 Å². The first-order valence-electron chi connectivity index (χ1n) is 5.93. The molecule has 18 heavy (non-hydrogen) atoms. The predicted molar refractivity (Wildman–Crippen MR) is 72.5 cm³/mol. The van der Waals surface area contributed by atoms with E-state index in [0.29, 0.717) is 5.92 Å². The van der Waals surface area contributed by atoms with Gasteiger partial charge in [0.05, 0.1) is 4.90 Å². The Morgan fingerprint density at radius 3 is 2.33 bits per heavy atom. The highest BCUT2D eigenvalue weighted by atomic mass is 32.2. The van der Waals surface area contributed by atoms with Crippen molar-refractivity contribution in [3.8, 4) is 0 Å². The number of hydrogen-bond acceptors (Lipinski definition) is 2. The monoisotopic (exact) mass is 264 g/mol. The second-order valence-corrected chi connectivity index (χ2v) is 5.97. The molecule has 4 heteroatoms. The molecule has 1 atom stereocenters. The van der Waals surface area contributed by atoms with Gasteiger partial charge in [-0.15, -0.1) is 0 Å². The summed E-state index contributed by atoms with van der Waals surface area (Å²) in [4.78, 5) is -0.0636. The topological polar surface area (TPSA) is 54.4 Å². The van der Waals surface area contributed by atoms with Gasteiger partial charge in [0.2, 0.25) is 0 Å². The van der Waals surface area contributed by atoms with Crippen molar-refractivity contribution in [2.24, 2.45) is 0 Å². The third-order valence-electron chi connectivity index (χ3n) is 3.32. The van der Waals surface area contributed by atoms with Gasteiger partial charge in [-0.1, -0.05) is 38.1 Å². The van der Waals surface area contributed by atoms with Gasteiger partial charge in [-0.3, -0.25) is 4.55 Å². The van der Waals surface area contributed by atoms with Gasteiger partial charge in [0.1, 0.15) is 0 Å². The quantitative estimate of drug-likeness (QED) is 0.862. The second kappa shape index (κ2) is 4.71. The van der Waals surface area contributed by atoms with Gasteiger partial charge in [-0.05, 0) is 40.8 Å². The van der Waals surface area contributed by atoms with E-state index in [1.807, 2.05) is 12.1 Å². The Kier molecular flexibility index (Phi) is 3.41. The molecule has 0 fully saturated rings. The number of rotatable bonds is 3. The Hall–Kier alpha value is -1.39. The van der Waals surface area contributed by atoms with Gasteiger partial charge >= 0.3 is 0 Å². The molecule has 0 amide bonds. The molecule has 96 valence electrons. The van der Waals surface area contributed by atoms with Crippen molar-refractivity contribution in [1.82, 2.24) is 0 Å². The maximum atomic E-state index is 11.1. The smallest absolute Gasteiger partial charge is 0.282 e. The average molecular weight is 264 g/mol. The zero-order valence-electron chi connectivity index (χ0n) is 10.4. The van der Waals surface area contributed by atoms with Crippen molar-refractivity contribution in [3.05, 3.63) is 42.0 Å². The third kappa shape index (κ3) is 2.54. The van der Waals surface area contributed by atoms with E-state index in [1.54, 1.807) is 6.07 Å². The van der Waals surface area contributed by atoms with E-state index in [1.165, 1.54) is 17.7 Å². The van der Waals surface area contributed by atoms with Gasteiger partial charge in [-0.25, -0.2) is 0 Å². The maximum absolute atomic E-state index is 11.1. The minimum absolute atomic E-state index is 0.0636. The predicted octanol–water partition coefficient (Wildman–Crippen LogP) is 3.60. The van der Waals surface area contributed by atoms with E-state index in [-0.39, 0.29) is 4.90 Å². The van der Waals surface area contributed by atoms with Crippen molar-refractivity contribution in [2.75, 3.05) is 0 Å². The van der Waals surface area contributed by atoms with Crippen LogP contribution in [0, 0.1) is 0 Å². The molecule has 3 nitrogen and oxygen atoms in total. The fraction of sp³-hybridized carbons (Fsp3) is 0.286. The molecule has 0 aliphatic heterocycles. The Morgan fingerprint density at radius 1 is 1.11 bits per heavy atom. The summed E-state index contributed by atoms with van der Waals surface area (Å²) < 4.78 is 31.1. The number of benzene rings is 2. The lowest BCUT2D eigenvalue weighted by Gasteiger charge is -2.10. The van der Waals surface area contributed by atoms with Crippen LogP contribution in [0.15, 0.2) is 41.3 Å². The summed E-state index contributed by atoms with van der Waals surface area (Å²) in [6, 6.07) is 10.6. The number of fused-ring (bicyclic) bond motifs is 1. The first-order chi connectivity index (χ1) is 8.41. The summed E-state index contributed by atoms with van der Waals surface area (Å²) in [6.07, 6.45) is 1.06. The first-order valence-corrected chi connectivity index (χ1v) is 7.37. The third-order valence-corrected chi connectivity index (χ3v) is 4.16. The molecule has 1 N–H and O–H groups in total. The van der Waals surface area contributed by atoms with Crippen LogP contribution in [-0.4, -0.2) is 13.0 Å². The zero-order valence-corrected chi connectivity index (χ0v) is 11.2. The van der Waals surface area contributed by atoms with E-state index in [9.17, 15) is 8.42 Å². The minimum Gasteiger partial charge on any atom is -0.282 e. The van der Waals surface area contributed by atoms with Crippen molar-refractivity contribution in [2.45, 2.75) is 31.1 Å². The summed E-state index contributed by atoms with van der Waals surface area (Å²) in [5.41, 5.74) is 1.24. The molecule has 0 heterocycles. The molecular weight excluding hydrogens is 248 g/mol. The minimum atomic E-state index is -4.13. The largest absolute Gasteiger partial charge is 0.294 e. The molecule has 0 saturated carbocycles. The lowest BCUT2D eigenvalue weighted by atomic mass is 9.96. The van der Waals surface area contributed by atoms with Crippen molar-refractivity contribution in [1.29, 1.82) is 0 Å². The Morgan fingerprint density at radius 2 is 1.72 bits per heavy atom. The van der Waals surface area contributed by atoms with Crippen LogP contribution in [0.5, 0.6) is 0 Å². The normalized spacial score (nSPS) is 13.7. The Bertz CT molecular complexity index is 674. The van der Waals surface area contributed by atoms with Crippen LogP contribution in [0.2, 0.25) is 0 Å². The van der Waals surface area contributed by atoms with Crippen LogP contribution < -0.4 is 0 Å². The molecule has 0 saturated heterocycles. The molecule has 0 spiro atoms. The average Bonchev–Trinajstić information content (AvgIpc) is 2.35. The van der Waals surface area contributed by atoms with E-state index in [2.05, 4.69) is 19.9 Å². The van der Waals surface area contributed by atoms with Crippen LogP contribution in [0.1, 0.15) is 31.7 Å². The molecule has 2 rings (SSSR count). The molecule has 0 aliphatic carbocycles. The summed E-state index contributed by atoms with van der Waals surface area (Å²) in [5.74, 6) is 0.482. The summed E-state index contributed by atoms with van der Waals surface area (Å²) in [6.45, 7) is 4.30. The molecule has 1 unspecified atom stereocenters. The highest BCUT2D eigenvalue weighted by Gasteiger charge is 2.10. The van der Waals surface area contributed by atoms with Gasteiger partial charge in [0, 0.05) is 0 Å². The second-order valence-electron chi connectivity index (χ2n) is 4.55. The van der Waals surface area contributed by atoms with Crippen molar-refractivity contribution in [3.63, 3.8) is 0 Å². The van der Waals surface area contributed by atoms with Crippen LogP contribution in [0.3, 0.4) is 0 Å². The van der Waals surface area contributed by atoms with E-state index in [0.717, 1.165) is 17.2 Å². The van der Waals surface area contributed by atoms with Crippen LogP contribution in [-0.2, 0) is 10.1 Å². The number of hydrogen-bond donors (Lipinski definition) is 1. The van der Waals surface area contributed by atoms with Crippen molar-refractivity contribution < 1.29 is 13.0 Å². The van der Waals surface area contributed by atoms with Gasteiger partial charge < -0.3 is 0 Å². The molecule has 0 aliphatic rings. The highest BCUT2D eigenvalue weighted by molar-refractivity contribution is 7.85. The van der Waals surface area contributed by atoms with Gasteiger partial charge in [-0.2, -0.15) is 8.42 Å². The zero-order chi connectivity index (χ0) is 13.3. The van der Waals surface area contributed by atoms with Crippen LogP contribution in [0.25, 0.3) is 10.8 Å².